The van der Waals surface area contributed by atoms with E-state index < -0.39 is 34.1 Å². The number of hydrogen-bond donors (Lipinski definition) is 1. The summed E-state index contributed by atoms with van der Waals surface area (Å²) in [6.45, 7) is 8.93. The van der Waals surface area contributed by atoms with Gasteiger partial charge in [-0.3, -0.25) is 13.9 Å². The minimum Gasteiger partial charge on any atom is -0.497 e. The number of sulfonamides is 1. The predicted octanol–water partition coefficient (Wildman–Crippen LogP) is 3.49. The number of nitrogens with zero attached hydrogens (tertiary/aromatic N) is 2. The summed E-state index contributed by atoms with van der Waals surface area (Å²) >= 11 is 0. The Morgan fingerprint density at radius 3 is 2.29 bits per heavy atom. The molecule has 0 aliphatic heterocycles. The van der Waals surface area contributed by atoms with Crippen LogP contribution >= 0.6 is 0 Å². The molecule has 0 aliphatic carbocycles. The molecular formula is C26H37N3O5S. The second-order valence-corrected chi connectivity index (χ2v) is 11.5. The maximum Gasteiger partial charge on any atom is 0.244 e. The number of anilines is 1. The Kier molecular flexibility index (Phi) is 9.31. The van der Waals surface area contributed by atoms with Gasteiger partial charge >= 0.3 is 0 Å². The van der Waals surface area contributed by atoms with Gasteiger partial charge in [0.25, 0.3) is 0 Å². The highest BCUT2D eigenvalue weighted by Gasteiger charge is 2.33. The molecule has 2 rings (SSSR count). The van der Waals surface area contributed by atoms with E-state index >= 15 is 0 Å². The van der Waals surface area contributed by atoms with Gasteiger partial charge in [0.05, 0.1) is 19.1 Å². The van der Waals surface area contributed by atoms with Gasteiger partial charge in [-0.1, -0.05) is 37.3 Å². The largest absolute Gasteiger partial charge is 0.497 e. The average Bonchev–Trinajstić information content (AvgIpc) is 2.76. The third kappa shape index (κ3) is 7.99. The molecule has 0 aromatic heterocycles. The fourth-order valence-corrected chi connectivity index (χ4v) is 4.69. The van der Waals surface area contributed by atoms with E-state index in [0.717, 1.165) is 21.7 Å². The maximum absolute atomic E-state index is 13.7. The molecular weight excluding hydrogens is 466 g/mol. The van der Waals surface area contributed by atoms with Crippen LogP contribution in [0, 0.1) is 6.92 Å². The lowest BCUT2D eigenvalue weighted by Gasteiger charge is -2.34. The summed E-state index contributed by atoms with van der Waals surface area (Å²) in [7, 11) is -2.21. The minimum absolute atomic E-state index is 0.122. The maximum atomic E-state index is 13.7. The third-order valence-corrected chi connectivity index (χ3v) is 6.56. The molecule has 8 nitrogen and oxygen atoms in total. The Morgan fingerprint density at radius 1 is 1.09 bits per heavy atom. The lowest BCUT2D eigenvalue weighted by atomic mass is 10.1. The van der Waals surface area contributed by atoms with Crippen molar-refractivity contribution < 1.29 is 22.7 Å². The smallest absolute Gasteiger partial charge is 0.244 e. The molecule has 2 aromatic carbocycles. The van der Waals surface area contributed by atoms with E-state index in [1.165, 1.54) is 4.90 Å². The van der Waals surface area contributed by atoms with Crippen LogP contribution < -0.4 is 14.4 Å². The van der Waals surface area contributed by atoms with E-state index in [2.05, 4.69) is 5.32 Å². The summed E-state index contributed by atoms with van der Waals surface area (Å²) in [4.78, 5) is 28.4. The number of aryl methyl sites for hydroxylation is 1. The van der Waals surface area contributed by atoms with Crippen LogP contribution in [0.5, 0.6) is 5.75 Å². The van der Waals surface area contributed by atoms with E-state index in [1.54, 1.807) is 50.4 Å². The highest BCUT2D eigenvalue weighted by Crippen LogP contribution is 2.24. The molecule has 9 heteroatoms. The van der Waals surface area contributed by atoms with Gasteiger partial charge in [-0.2, -0.15) is 0 Å². The molecule has 0 saturated carbocycles. The number of para-hydroxylation sites is 1. The first-order valence-corrected chi connectivity index (χ1v) is 13.4. The van der Waals surface area contributed by atoms with Crippen molar-refractivity contribution in [3.63, 3.8) is 0 Å². The number of nitrogens with one attached hydrogen (secondary N) is 1. The second kappa shape index (κ2) is 11.6. The number of ether oxygens (including phenoxy) is 1. The van der Waals surface area contributed by atoms with Gasteiger partial charge in [0.1, 0.15) is 18.3 Å². The van der Waals surface area contributed by atoms with Crippen LogP contribution in [0.2, 0.25) is 0 Å². The Bertz CT molecular complexity index is 1140. The topological polar surface area (TPSA) is 96.0 Å². The molecule has 1 N–H and O–H groups in total. The van der Waals surface area contributed by atoms with Crippen molar-refractivity contribution in [2.75, 3.05) is 24.2 Å². The van der Waals surface area contributed by atoms with Crippen LogP contribution in [0.1, 0.15) is 45.2 Å². The zero-order chi connectivity index (χ0) is 26.4. The highest BCUT2D eigenvalue weighted by molar-refractivity contribution is 7.92. The normalized spacial score (nSPS) is 12.5. The molecule has 35 heavy (non-hydrogen) atoms. The van der Waals surface area contributed by atoms with Gasteiger partial charge in [0.2, 0.25) is 21.8 Å². The van der Waals surface area contributed by atoms with Gasteiger partial charge in [-0.15, -0.1) is 0 Å². The Morgan fingerprint density at radius 2 is 1.74 bits per heavy atom. The van der Waals surface area contributed by atoms with Crippen molar-refractivity contribution >= 4 is 27.5 Å². The van der Waals surface area contributed by atoms with E-state index in [1.807, 2.05) is 39.8 Å². The Hall–Kier alpha value is -3.07. The summed E-state index contributed by atoms with van der Waals surface area (Å²) < 4.78 is 31.8. The fourth-order valence-electron chi connectivity index (χ4n) is 3.78. The van der Waals surface area contributed by atoms with Crippen molar-refractivity contribution in [1.29, 1.82) is 0 Å². The standard InChI is InChI=1S/C26H37N3O5S/c1-8-22(25(31)27-26(3,4)5)28(17-20-13-11-14-21(16-20)34-6)24(30)18-29(35(7,32)33)23-15-10-9-12-19(23)2/h9-16,22H,8,17-18H2,1-7H3,(H,27,31). The lowest BCUT2D eigenvalue weighted by molar-refractivity contribution is -0.141. The molecule has 0 aliphatic rings. The van der Waals surface area contributed by atoms with Crippen molar-refractivity contribution in [3.8, 4) is 5.75 Å². The zero-order valence-corrected chi connectivity index (χ0v) is 22.5. The van der Waals surface area contributed by atoms with E-state index in [9.17, 15) is 18.0 Å². The number of carbonyl (C=O) groups excluding carboxylic acids is 2. The number of hydrogen-bond acceptors (Lipinski definition) is 5. The van der Waals surface area contributed by atoms with Crippen molar-refractivity contribution in [2.45, 2.75) is 59.2 Å². The number of carbonyl (C=O) groups is 2. The van der Waals surface area contributed by atoms with Crippen molar-refractivity contribution in [1.82, 2.24) is 10.2 Å². The molecule has 0 saturated heterocycles. The van der Waals surface area contributed by atoms with Crippen LogP contribution in [0.3, 0.4) is 0 Å². The number of rotatable bonds is 10. The summed E-state index contributed by atoms with van der Waals surface area (Å²) in [6, 6.07) is 13.4. The molecule has 2 amide bonds. The van der Waals surface area contributed by atoms with E-state index in [4.69, 9.17) is 4.74 Å². The first kappa shape index (κ1) is 28.2. The van der Waals surface area contributed by atoms with Crippen LogP contribution in [-0.2, 0) is 26.2 Å². The number of methoxy groups -OCH3 is 1. The van der Waals surface area contributed by atoms with Crippen LogP contribution in [0.25, 0.3) is 0 Å². The molecule has 0 spiro atoms. The molecule has 1 unspecified atom stereocenters. The molecule has 0 fully saturated rings. The van der Waals surface area contributed by atoms with Gasteiger partial charge in [0, 0.05) is 12.1 Å². The second-order valence-electron chi connectivity index (χ2n) is 9.59. The first-order valence-electron chi connectivity index (χ1n) is 11.5. The van der Waals surface area contributed by atoms with E-state index in [0.29, 0.717) is 17.9 Å². The van der Waals surface area contributed by atoms with Gasteiger partial charge < -0.3 is 15.0 Å². The van der Waals surface area contributed by atoms with Gasteiger partial charge in [-0.05, 0) is 63.4 Å². The highest BCUT2D eigenvalue weighted by atomic mass is 32.2. The summed E-state index contributed by atoms with van der Waals surface area (Å²) in [6.07, 6.45) is 1.43. The van der Waals surface area contributed by atoms with Crippen molar-refractivity contribution in [2.24, 2.45) is 0 Å². The SMILES string of the molecule is CCC(C(=O)NC(C)(C)C)N(Cc1cccc(OC)c1)C(=O)CN(c1ccccc1C)S(C)(=O)=O. The molecule has 1 atom stereocenters. The zero-order valence-electron chi connectivity index (χ0n) is 21.7. The van der Waals surface area contributed by atoms with Crippen LogP contribution in [0.15, 0.2) is 48.5 Å². The van der Waals surface area contributed by atoms with Crippen molar-refractivity contribution in [3.05, 3.63) is 59.7 Å². The van der Waals surface area contributed by atoms with Gasteiger partial charge in [0.15, 0.2) is 0 Å². The quantitative estimate of drug-likeness (QED) is 0.535. The molecule has 2 aromatic rings. The average molecular weight is 504 g/mol. The molecule has 0 heterocycles. The minimum atomic E-state index is -3.77. The predicted molar refractivity (Wildman–Crippen MR) is 139 cm³/mol. The first-order chi connectivity index (χ1) is 16.3. The number of benzene rings is 2. The van der Waals surface area contributed by atoms with Gasteiger partial charge in [-0.25, -0.2) is 8.42 Å². The third-order valence-electron chi connectivity index (χ3n) is 5.43. The summed E-state index contributed by atoms with van der Waals surface area (Å²) in [5, 5.41) is 2.95. The molecule has 192 valence electrons. The van der Waals surface area contributed by atoms with Crippen LogP contribution in [0.4, 0.5) is 5.69 Å². The van der Waals surface area contributed by atoms with Crippen LogP contribution in [-0.4, -0.2) is 56.6 Å². The number of amides is 2. The Balaban J connectivity index is 2.49. The summed E-state index contributed by atoms with van der Waals surface area (Å²) in [5.41, 5.74) is 1.43. The van der Waals surface area contributed by atoms with E-state index in [-0.39, 0.29) is 12.5 Å². The Labute approximate surface area is 209 Å². The monoisotopic (exact) mass is 503 g/mol. The lowest BCUT2D eigenvalue weighted by Crippen LogP contribution is -2.55. The molecule has 0 bridgehead atoms. The summed E-state index contributed by atoms with van der Waals surface area (Å²) in [5.74, 6) is -0.143. The molecule has 0 radical (unpaired) electrons. The fraction of sp³-hybridized carbons (Fsp3) is 0.462.